The van der Waals surface area contributed by atoms with Crippen LogP contribution in [0.3, 0.4) is 0 Å². The van der Waals surface area contributed by atoms with Gasteiger partial charge in [-0.25, -0.2) is 0 Å². The Kier molecular flexibility index (Phi) is 4.57. The third kappa shape index (κ3) is 3.68. The van der Waals surface area contributed by atoms with Crippen LogP contribution in [0.15, 0.2) is 53.1 Å². The molecule has 1 aromatic heterocycles. The number of hydrogen-bond donors (Lipinski definition) is 1. The zero-order chi connectivity index (χ0) is 16.2. The number of aliphatic hydroxyl groups is 1. The summed E-state index contributed by atoms with van der Waals surface area (Å²) in [7, 11) is 0. The van der Waals surface area contributed by atoms with Crippen molar-refractivity contribution in [1.82, 2.24) is 4.90 Å². The van der Waals surface area contributed by atoms with E-state index in [1.54, 1.807) is 17.0 Å². The highest BCUT2D eigenvalue weighted by atomic mass is 16.3. The van der Waals surface area contributed by atoms with Crippen LogP contribution in [0.2, 0.25) is 0 Å². The molecule has 1 aliphatic rings. The average molecular weight is 313 g/mol. The molecule has 2 aromatic rings. The van der Waals surface area contributed by atoms with E-state index >= 15 is 0 Å². The summed E-state index contributed by atoms with van der Waals surface area (Å²) in [4.78, 5) is 26.3. The van der Waals surface area contributed by atoms with Gasteiger partial charge in [-0.05, 0) is 24.1 Å². The van der Waals surface area contributed by atoms with Crippen LogP contribution < -0.4 is 0 Å². The second-order valence-electron chi connectivity index (χ2n) is 5.86. The van der Waals surface area contributed by atoms with Gasteiger partial charge in [0, 0.05) is 19.0 Å². The Balaban J connectivity index is 1.67. The molecule has 120 valence electrons. The molecular weight excluding hydrogens is 294 g/mol. The maximum Gasteiger partial charge on any atom is 0.227 e. The molecule has 2 heterocycles. The lowest BCUT2D eigenvalue weighted by molar-refractivity contribution is -0.131. The van der Waals surface area contributed by atoms with Crippen LogP contribution in [0.25, 0.3) is 0 Å². The van der Waals surface area contributed by atoms with Crippen molar-refractivity contribution in [3.05, 3.63) is 60.1 Å². The van der Waals surface area contributed by atoms with Gasteiger partial charge in [-0.1, -0.05) is 30.3 Å². The maximum absolute atomic E-state index is 12.5. The lowest BCUT2D eigenvalue weighted by atomic mass is 10.0. The van der Waals surface area contributed by atoms with E-state index in [1.807, 2.05) is 30.3 Å². The molecule has 0 spiro atoms. The highest BCUT2D eigenvalue weighted by Crippen LogP contribution is 2.23. The van der Waals surface area contributed by atoms with Crippen molar-refractivity contribution < 1.29 is 19.1 Å². The summed E-state index contributed by atoms with van der Waals surface area (Å²) in [5.41, 5.74) is 0.926. The number of carbonyl (C=O) groups is 2. The lowest BCUT2D eigenvalue weighted by Crippen LogP contribution is -2.38. The van der Waals surface area contributed by atoms with Crippen molar-refractivity contribution in [1.29, 1.82) is 0 Å². The van der Waals surface area contributed by atoms with Gasteiger partial charge in [0.2, 0.25) is 5.91 Å². The summed E-state index contributed by atoms with van der Waals surface area (Å²) in [5, 5.41) is 9.90. The number of likely N-dealkylation sites (tertiary alicyclic amines) is 1. The molecular formula is C18H19NO4. The third-order valence-electron chi connectivity index (χ3n) is 4.13. The first-order valence-electron chi connectivity index (χ1n) is 7.71. The summed E-state index contributed by atoms with van der Waals surface area (Å²) in [6.45, 7) is 0.280. The van der Waals surface area contributed by atoms with Gasteiger partial charge in [0.25, 0.3) is 0 Å². The lowest BCUT2D eigenvalue weighted by Gasteiger charge is -2.23. The summed E-state index contributed by atoms with van der Waals surface area (Å²) in [6.07, 6.45) is 1.75. The van der Waals surface area contributed by atoms with Gasteiger partial charge in [0.15, 0.2) is 11.5 Å². The highest BCUT2D eigenvalue weighted by Gasteiger charge is 2.35. The van der Waals surface area contributed by atoms with Crippen molar-refractivity contribution in [2.75, 3.05) is 6.54 Å². The monoisotopic (exact) mass is 313 g/mol. The van der Waals surface area contributed by atoms with Gasteiger partial charge in [-0.3, -0.25) is 9.59 Å². The van der Waals surface area contributed by atoms with E-state index in [-0.39, 0.29) is 37.1 Å². The van der Waals surface area contributed by atoms with Gasteiger partial charge in [0.05, 0.1) is 18.8 Å². The number of rotatable bonds is 5. The topological polar surface area (TPSA) is 70.8 Å². The SMILES string of the molecule is O=C(C[C@H]1C[C@@H](O)CN1C(=O)Cc1ccccc1)c1ccco1. The largest absolute Gasteiger partial charge is 0.461 e. The number of amides is 1. The minimum atomic E-state index is -0.580. The van der Waals surface area contributed by atoms with Gasteiger partial charge >= 0.3 is 0 Å². The zero-order valence-electron chi connectivity index (χ0n) is 12.7. The van der Waals surface area contributed by atoms with Crippen molar-refractivity contribution in [2.45, 2.75) is 31.4 Å². The number of β-amino-alcohol motifs (C(OH)–C–C–N with tert-alkyl or cyclic N) is 1. The Bertz CT molecular complexity index is 666. The first-order chi connectivity index (χ1) is 11.1. The number of aliphatic hydroxyl groups excluding tert-OH is 1. The molecule has 5 nitrogen and oxygen atoms in total. The molecule has 23 heavy (non-hydrogen) atoms. The first kappa shape index (κ1) is 15.5. The molecule has 5 heteroatoms. The Morgan fingerprint density at radius 2 is 1.96 bits per heavy atom. The fourth-order valence-electron chi connectivity index (χ4n) is 3.01. The summed E-state index contributed by atoms with van der Waals surface area (Å²) >= 11 is 0. The molecule has 1 aromatic carbocycles. The van der Waals surface area contributed by atoms with Crippen molar-refractivity contribution >= 4 is 11.7 Å². The second kappa shape index (κ2) is 6.79. The Morgan fingerprint density at radius 3 is 2.65 bits per heavy atom. The molecule has 1 amide bonds. The van der Waals surface area contributed by atoms with Gasteiger partial charge < -0.3 is 14.4 Å². The van der Waals surface area contributed by atoms with Crippen LogP contribution in [-0.2, 0) is 11.2 Å². The molecule has 0 saturated carbocycles. The number of benzene rings is 1. The first-order valence-corrected chi connectivity index (χ1v) is 7.71. The van der Waals surface area contributed by atoms with Crippen LogP contribution in [0.5, 0.6) is 0 Å². The van der Waals surface area contributed by atoms with Gasteiger partial charge in [-0.2, -0.15) is 0 Å². The van der Waals surface area contributed by atoms with E-state index in [1.165, 1.54) is 6.26 Å². The second-order valence-corrected chi connectivity index (χ2v) is 5.86. The standard InChI is InChI=1S/C18H19NO4/c20-15-10-14(11-16(21)17-7-4-8-23-17)19(12-15)18(22)9-13-5-2-1-3-6-13/h1-8,14-15,20H,9-12H2/t14-,15-/m1/s1. The molecule has 0 bridgehead atoms. The van der Waals surface area contributed by atoms with E-state index in [0.29, 0.717) is 12.2 Å². The Labute approximate surface area is 134 Å². The van der Waals surface area contributed by atoms with E-state index < -0.39 is 6.10 Å². The van der Waals surface area contributed by atoms with E-state index in [4.69, 9.17) is 4.42 Å². The maximum atomic E-state index is 12.5. The number of ketones is 1. The minimum Gasteiger partial charge on any atom is -0.461 e. The Morgan fingerprint density at radius 1 is 1.17 bits per heavy atom. The molecule has 0 unspecified atom stereocenters. The third-order valence-corrected chi connectivity index (χ3v) is 4.13. The molecule has 2 atom stereocenters. The van der Waals surface area contributed by atoms with Crippen LogP contribution in [0, 0.1) is 0 Å². The minimum absolute atomic E-state index is 0.0648. The fraction of sp³-hybridized carbons (Fsp3) is 0.333. The molecule has 1 aliphatic heterocycles. The van der Waals surface area contributed by atoms with E-state index in [2.05, 4.69) is 0 Å². The molecule has 1 saturated heterocycles. The summed E-state index contributed by atoms with van der Waals surface area (Å²) < 4.78 is 5.11. The normalized spacial score (nSPS) is 20.7. The molecule has 3 rings (SSSR count). The van der Waals surface area contributed by atoms with Crippen LogP contribution in [0.1, 0.15) is 29.0 Å². The molecule has 0 radical (unpaired) electrons. The number of carbonyl (C=O) groups excluding carboxylic acids is 2. The molecule has 1 N–H and O–H groups in total. The van der Waals surface area contributed by atoms with E-state index in [9.17, 15) is 14.7 Å². The Hall–Kier alpha value is -2.40. The summed E-state index contributed by atoms with van der Waals surface area (Å²) in [5.74, 6) is 0.0819. The zero-order valence-corrected chi connectivity index (χ0v) is 12.7. The quantitative estimate of drug-likeness (QED) is 0.858. The fourth-order valence-corrected chi connectivity index (χ4v) is 3.01. The predicted molar refractivity (Wildman–Crippen MR) is 83.9 cm³/mol. The number of Topliss-reactive ketones (excluding diaryl/α,β-unsaturated/α-hetero) is 1. The number of furan rings is 1. The smallest absolute Gasteiger partial charge is 0.227 e. The predicted octanol–water partition coefficient (Wildman–Crippen LogP) is 2.06. The average Bonchev–Trinajstić information content (AvgIpc) is 3.18. The summed E-state index contributed by atoms with van der Waals surface area (Å²) in [6, 6.07) is 12.5. The van der Waals surface area contributed by atoms with Crippen molar-refractivity contribution in [3.63, 3.8) is 0 Å². The molecule has 0 aliphatic carbocycles. The molecule has 1 fully saturated rings. The van der Waals surface area contributed by atoms with Crippen LogP contribution >= 0.6 is 0 Å². The van der Waals surface area contributed by atoms with E-state index in [0.717, 1.165) is 5.56 Å². The van der Waals surface area contributed by atoms with Gasteiger partial charge in [-0.15, -0.1) is 0 Å². The van der Waals surface area contributed by atoms with Gasteiger partial charge in [0.1, 0.15) is 0 Å². The number of nitrogens with zero attached hydrogens (tertiary/aromatic N) is 1. The van der Waals surface area contributed by atoms with Crippen molar-refractivity contribution in [3.8, 4) is 0 Å². The highest BCUT2D eigenvalue weighted by molar-refractivity contribution is 5.94. The van der Waals surface area contributed by atoms with Crippen molar-refractivity contribution in [2.24, 2.45) is 0 Å². The van der Waals surface area contributed by atoms with Crippen LogP contribution in [-0.4, -0.2) is 40.4 Å². The number of hydrogen-bond acceptors (Lipinski definition) is 4. The van der Waals surface area contributed by atoms with Crippen LogP contribution in [0.4, 0.5) is 0 Å².